The Bertz CT molecular complexity index is 1380. The molecule has 1 heterocycles. The Morgan fingerprint density at radius 2 is 1.40 bits per heavy atom. The number of nitrogens with one attached hydrogen (secondary N) is 1. The van der Waals surface area contributed by atoms with Gasteiger partial charge in [-0.15, -0.1) is 0 Å². The molecule has 0 aliphatic carbocycles. The Labute approximate surface area is 239 Å². The maximum atomic E-state index is 14.1. The van der Waals surface area contributed by atoms with Crippen molar-refractivity contribution >= 4 is 11.8 Å². The van der Waals surface area contributed by atoms with Crippen LogP contribution in [0.25, 0.3) is 0 Å². The second kappa shape index (κ2) is 11.8. The second-order valence-electron chi connectivity index (χ2n) is 10.7. The fraction of sp³-hybridized carbons (Fsp3) is 0.355. The van der Waals surface area contributed by atoms with E-state index in [4.69, 9.17) is 4.74 Å². The molecule has 3 aromatic rings. The zero-order valence-corrected chi connectivity index (χ0v) is 23.0. The van der Waals surface area contributed by atoms with E-state index in [0.29, 0.717) is 24.1 Å². The summed E-state index contributed by atoms with van der Waals surface area (Å²) in [5, 5.41) is 2.75. The number of ether oxygens (including phenoxy) is 1. The number of amides is 2. The van der Waals surface area contributed by atoms with Gasteiger partial charge in [0.05, 0.1) is 29.9 Å². The zero-order valence-electron chi connectivity index (χ0n) is 23.0. The molecule has 2 amide bonds. The number of carbonyl (C=O) groups is 2. The van der Waals surface area contributed by atoms with E-state index in [0.717, 1.165) is 5.56 Å². The topological polar surface area (TPSA) is 58.6 Å². The second-order valence-corrected chi connectivity index (χ2v) is 10.7. The summed E-state index contributed by atoms with van der Waals surface area (Å²) in [5.74, 6) is -0.780. The van der Waals surface area contributed by atoms with E-state index in [1.165, 1.54) is 6.92 Å². The molecule has 3 aromatic carbocycles. The lowest BCUT2D eigenvalue weighted by Gasteiger charge is -2.52. The molecule has 1 N–H and O–H groups in total. The number of likely N-dealkylation sites (tertiary alicyclic amines) is 1. The first-order valence-electron chi connectivity index (χ1n) is 13.2. The van der Waals surface area contributed by atoms with Gasteiger partial charge in [0.2, 0.25) is 11.8 Å². The molecule has 2 atom stereocenters. The summed E-state index contributed by atoms with van der Waals surface area (Å²) < 4.78 is 86.4. The van der Waals surface area contributed by atoms with Crippen molar-refractivity contribution in [3.63, 3.8) is 0 Å². The van der Waals surface area contributed by atoms with Gasteiger partial charge in [-0.05, 0) is 54.7 Å². The van der Waals surface area contributed by atoms with Crippen LogP contribution in [-0.4, -0.2) is 28.9 Å². The molecule has 4 rings (SSSR count). The number of benzene rings is 3. The molecule has 224 valence electrons. The summed E-state index contributed by atoms with van der Waals surface area (Å²) in [6.07, 6.45) is -9.46. The Morgan fingerprint density at radius 3 is 1.93 bits per heavy atom. The molecule has 0 radical (unpaired) electrons. The third-order valence-electron chi connectivity index (χ3n) is 7.48. The van der Waals surface area contributed by atoms with Gasteiger partial charge in [-0.1, -0.05) is 60.7 Å². The summed E-state index contributed by atoms with van der Waals surface area (Å²) >= 11 is 0. The van der Waals surface area contributed by atoms with Gasteiger partial charge in [-0.2, -0.15) is 26.3 Å². The van der Waals surface area contributed by atoms with Crippen LogP contribution >= 0.6 is 0 Å². The first kappa shape index (κ1) is 31.1. The molecule has 5 nitrogen and oxygen atoms in total. The van der Waals surface area contributed by atoms with E-state index in [1.54, 1.807) is 42.2 Å². The van der Waals surface area contributed by atoms with Gasteiger partial charge < -0.3 is 15.0 Å². The maximum absolute atomic E-state index is 14.1. The smallest absolute Gasteiger partial charge is 0.374 e. The van der Waals surface area contributed by atoms with Crippen LogP contribution in [0.15, 0.2) is 78.9 Å². The molecule has 0 aromatic heterocycles. The van der Waals surface area contributed by atoms with Gasteiger partial charge in [0.15, 0.2) is 0 Å². The minimum absolute atomic E-state index is 0.0687. The molecule has 1 aliphatic heterocycles. The molecular formula is C31H30F6N2O3. The van der Waals surface area contributed by atoms with E-state index in [9.17, 15) is 35.9 Å². The molecule has 11 heteroatoms. The number of nitrogens with zero attached hydrogens (tertiary/aromatic N) is 1. The van der Waals surface area contributed by atoms with Gasteiger partial charge in [-0.25, -0.2) is 0 Å². The minimum atomic E-state index is -4.99. The van der Waals surface area contributed by atoms with Crippen LogP contribution in [0.1, 0.15) is 54.5 Å². The third kappa shape index (κ3) is 6.78. The van der Waals surface area contributed by atoms with Gasteiger partial charge in [0, 0.05) is 13.5 Å². The fourth-order valence-electron chi connectivity index (χ4n) is 5.41. The van der Waals surface area contributed by atoms with E-state index < -0.39 is 47.1 Å². The van der Waals surface area contributed by atoms with E-state index >= 15 is 0 Å². The largest absolute Gasteiger partial charge is 0.416 e. The van der Waals surface area contributed by atoms with Crippen molar-refractivity contribution in [1.29, 1.82) is 0 Å². The summed E-state index contributed by atoms with van der Waals surface area (Å²) in [4.78, 5) is 27.7. The fourth-order valence-corrected chi connectivity index (χ4v) is 5.41. The number of halogens is 6. The summed E-state index contributed by atoms with van der Waals surface area (Å²) in [6.45, 7) is 2.29. The number of carbonyl (C=O) groups excluding carboxylic acids is 2. The molecule has 0 bridgehead atoms. The lowest BCUT2D eigenvalue weighted by Crippen LogP contribution is -2.67. The Balaban J connectivity index is 1.73. The number of piperidine rings is 1. The first-order chi connectivity index (χ1) is 19.6. The van der Waals surface area contributed by atoms with Gasteiger partial charge in [0.1, 0.15) is 5.54 Å². The van der Waals surface area contributed by atoms with E-state index in [2.05, 4.69) is 5.32 Å². The highest BCUT2D eigenvalue weighted by Crippen LogP contribution is 2.43. The van der Waals surface area contributed by atoms with Crippen LogP contribution < -0.4 is 5.32 Å². The Hall–Kier alpha value is -3.86. The van der Waals surface area contributed by atoms with Crippen molar-refractivity contribution in [3.05, 3.63) is 107 Å². The number of rotatable bonds is 8. The molecule has 1 fully saturated rings. The van der Waals surface area contributed by atoms with Gasteiger partial charge >= 0.3 is 12.4 Å². The third-order valence-corrected chi connectivity index (χ3v) is 7.48. The number of hydrogen-bond donors (Lipinski definition) is 1. The average Bonchev–Trinajstić information content (AvgIpc) is 2.92. The van der Waals surface area contributed by atoms with Gasteiger partial charge in [-0.3, -0.25) is 9.59 Å². The monoisotopic (exact) mass is 592 g/mol. The van der Waals surface area contributed by atoms with Crippen LogP contribution in [0.4, 0.5) is 26.3 Å². The van der Waals surface area contributed by atoms with Crippen LogP contribution in [0.2, 0.25) is 0 Å². The minimum Gasteiger partial charge on any atom is -0.374 e. The first-order valence-corrected chi connectivity index (χ1v) is 13.2. The maximum Gasteiger partial charge on any atom is 0.416 e. The summed E-state index contributed by atoms with van der Waals surface area (Å²) in [5.41, 5.74) is -4.08. The van der Waals surface area contributed by atoms with Crippen molar-refractivity contribution in [2.75, 3.05) is 6.61 Å². The van der Waals surface area contributed by atoms with Crippen LogP contribution in [-0.2, 0) is 45.4 Å². The van der Waals surface area contributed by atoms with Crippen molar-refractivity contribution < 1.29 is 40.7 Å². The quantitative estimate of drug-likeness (QED) is 0.291. The van der Waals surface area contributed by atoms with Crippen molar-refractivity contribution in [1.82, 2.24) is 10.2 Å². The highest BCUT2D eigenvalue weighted by Gasteiger charge is 2.53. The summed E-state index contributed by atoms with van der Waals surface area (Å²) in [6, 6.07) is 19.3. The van der Waals surface area contributed by atoms with E-state index in [1.807, 2.05) is 30.3 Å². The molecule has 0 saturated carbocycles. The standard InChI is InChI=1S/C31H30F6N2O3/c1-21(40)38-28(2)13-14-29(24-11-7-4-8-12-24,39(27(28)41)18-22-9-5-3-6-10-22)20-42-19-23-15-25(30(32,33)34)17-26(16-23)31(35,36)37/h3-12,15-17H,13-14,18-20H2,1-2H3,(H,38,40)/t28-,29-/m1/s1. The van der Waals surface area contributed by atoms with E-state index in [-0.39, 0.29) is 37.1 Å². The molecular weight excluding hydrogens is 562 g/mol. The Morgan fingerprint density at radius 1 is 0.857 bits per heavy atom. The van der Waals surface area contributed by atoms with Crippen molar-refractivity contribution in [2.45, 2.75) is 63.3 Å². The number of alkyl halides is 6. The predicted molar refractivity (Wildman–Crippen MR) is 143 cm³/mol. The number of hydrogen-bond acceptors (Lipinski definition) is 3. The summed E-state index contributed by atoms with van der Waals surface area (Å²) in [7, 11) is 0. The SMILES string of the molecule is CC(=O)N[C@]1(C)CC[C@@](COCc2cc(C(F)(F)F)cc(C(F)(F)F)c2)(c2ccccc2)N(Cc2ccccc2)C1=O. The zero-order chi connectivity index (χ0) is 30.8. The van der Waals surface area contributed by atoms with Crippen molar-refractivity contribution in [2.24, 2.45) is 0 Å². The molecule has 1 aliphatic rings. The lowest BCUT2D eigenvalue weighted by atomic mass is 9.74. The van der Waals surface area contributed by atoms with Gasteiger partial charge in [0.25, 0.3) is 0 Å². The molecule has 42 heavy (non-hydrogen) atoms. The molecule has 1 saturated heterocycles. The highest BCUT2D eigenvalue weighted by molar-refractivity contribution is 5.92. The lowest BCUT2D eigenvalue weighted by molar-refractivity contribution is -0.160. The van der Waals surface area contributed by atoms with Crippen LogP contribution in [0, 0.1) is 0 Å². The molecule has 0 unspecified atom stereocenters. The van der Waals surface area contributed by atoms with Crippen LogP contribution in [0.3, 0.4) is 0 Å². The van der Waals surface area contributed by atoms with Crippen molar-refractivity contribution in [3.8, 4) is 0 Å². The normalized spacial score (nSPS) is 21.3. The molecule has 0 spiro atoms. The highest BCUT2D eigenvalue weighted by atomic mass is 19.4. The average molecular weight is 593 g/mol. The van der Waals surface area contributed by atoms with Crippen LogP contribution in [0.5, 0.6) is 0 Å². The predicted octanol–water partition coefficient (Wildman–Crippen LogP) is 6.85. The Kier molecular flexibility index (Phi) is 8.73.